The Labute approximate surface area is 64.2 Å². The Morgan fingerprint density at radius 3 is 2.91 bits per heavy atom. The number of aromatic nitrogens is 2. The summed E-state index contributed by atoms with van der Waals surface area (Å²) in [5, 5.41) is 0. The van der Waals surface area contributed by atoms with Gasteiger partial charge in [-0.1, -0.05) is 0 Å². The lowest BCUT2D eigenvalue weighted by atomic mass is 10.4. The van der Waals surface area contributed by atoms with Crippen molar-refractivity contribution in [2.24, 2.45) is 0 Å². The van der Waals surface area contributed by atoms with E-state index in [0.717, 1.165) is 0 Å². The van der Waals surface area contributed by atoms with Gasteiger partial charge in [0.15, 0.2) is 0 Å². The van der Waals surface area contributed by atoms with Crippen LogP contribution in [0.4, 0.5) is 0 Å². The molecule has 0 atom stereocenters. The Morgan fingerprint density at radius 2 is 2.27 bits per heavy atom. The van der Waals surface area contributed by atoms with Crippen molar-refractivity contribution in [2.75, 3.05) is 13.2 Å². The van der Waals surface area contributed by atoms with E-state index in [4.69, 9.17) is 9.47 Å². The molecule has 1 fully saturated rings. The van der Waals surface area contributed by atoms with Gasteiger partial charge in [-0.3, -0.25) is 9.97 Å². The lowest BCUT2D eigenvalue weighted by Gasteiger charge is -2.05. The van der Waals surface area contributed by atoms with Crippen molar-refractivity contribution >= 4 is 0 Å². The van der Waals surface area contributed by atoms with E-state index in [9.17, 15) is 0 Å². The fraction of sp³-hybridized carbons (Fsp3) is 0.429. The Bertz CT molecular complexity index is 221. The van der Waals surface area contributed by atoms with E-state index >= 15 is 0 Å². The van der Waals surface area contributed by atoms with Crippen LogP contribution in [0.5, 0.6) is 0 Å². The zero-order valence-electron chi connectivity index (χ0n) is 5.86. The Kier molecular flexibility index (Phi) is 1.79. The summed E-state index contributed by atoms with van der Waals surface area (Å²) in [6.07, 6.45) is 5.36. The van der Waals surface area contributed by atoms with Gasteiger partial charge in [-0.15, -0.1) is 0 Å². The van der Waals surface area contributed by atoms with Crippen LogP contribution in [0.25, 0.3) is 0 Å². The smallest absolute Gasteiger partial charge is 0.202 e. The summed E-state index contributed by atoms with van der Waals surface area (Å²) in [4.78, 5) is 7.77. The molecular weight excluding hydrogens is 144 g/mol. The molecule has 2 heterocycles. The third-order valence-electron chi connectivity index (χ3n) is 1.41. The van der Waals surface area contributed by atoms with Crippen LogP contribution in [-0.4, -0.2) is 23.2 Å². The van der Waals surface area contributed by atoms with Gasteiger partial charge in [0.2, 0.25) is 6.29 Å². The Balaban J connectivity index is 2.16. The summed E-state index contributed by atoms with van der Waals surface area (Å²) in [5.41, 5.74) is 0.709. The lowest BCUT2D eigenvalue weighted by Crippen LogP contribution is -2.00. The summed E-state index contributed by atoms with van der Waals surface area (Å²) in [6.45, 7) is 1.26. The summed E-state index contributed by atoms with van der Waals surface area (Å²) in [6, 6.07) is 0. The topological polar surface area (TPSA) is 44.2 Å². The van der Waals surface area contributed by atoms with E-state index in [-0.39, 0.29) is 6.29 Å². The van der Waals surface area contributed by atoms with Crippen LogP contribution in [0.15, 0.2) is 12.4 Å². The number of hydrogen-bond donors (Lipinski definition) is 0. The summed E-state index contributed by atoms with van der Waals surface area (Å²) < 4.78 is 10.4. The quantitative estimate of drug-likeness (QED) is 0.579. The molecule has 1 aliphatic heterocycles. The maximum Gasteiger partial charge on any atom is 0.202 e. The molecule has 0 spiro atoms. The molecule has 0 amide bonds. The molecule has 11 heavy (non-hydrogen) atoms. The van der Waals surface area contributed by atoms with Crippen molar-refractivity contribution in [3.8, 4) is 0 Å². The van der Waals surface area contributed by atoms with Crippen molar-refractivity contribution < 1.29 is 9.47 Å². The van der Waals surface area contributed by atoms with Crippen LogP contribution in [0.1, 0.15) is 12.0 Å². The van der Waals surface area contributed by atoms with Crippen LogP contribution in [0.2, 0.25) is 0 Å². The average molecular weight is 151 g/mol. The predicted molar refractivity (Wildman–Crippen MR) is 35.5 cm³/mol. The van der Waals surface area contributed by atoms with Gasteiger partial charge in [-0.25, -0.2) is 0 Å². The first-order valence-corrected chi connectivity index (χ1v) is 3.38. The molecule has 0 aromatic carbocycles. The van der Waals surface area contributed by atoms with Gasteiger partial charge in [0, 0.05) is 0 Å². The fourth-order valence-corrected chi connectivity index (χ4v) is 0.924. The molecule has 0 unspecified atom stereocenters. The van der Waals surface area contributed by atoms with Crippen LogP contribution in [-0.2, 0) is 9.47 Å². The van der Waals surface area contributed by atoms with Crippen LogP contribution >= 0.6 is 0 Å². The van der Waals surface area contributed by atoms with Gasteiger partial charge >= 0.3 is 0 Å². The second kappa shape index (κ2) is 2.94. The molecule has 4 heteroatoms. The molecule has 0 saturated carbocycles. The number of nitrogens with zero attached hydrogens (tertiary/aromatic N) is 2. The van der Waals surface area contributed by atoms with Gasteiger partial charge in [0.1, 0.15) is 11.9 Å². The largest absolute Gasteiger partial charge is 0.345 e. The van der Waals surface area contributed by atoms with Gasteiger partial charge in [-0.2, -0.15) is 0 Å². The van der Waals surface area contributed by atoms with E-state index < -0.39 is 0 Å². The zero-order valence-corrected chi connectivity index (χ0v) is 5.86. The maximum absolute atomic E-state index is 5.20. The van der Waals surface area contributed by atoms with Crippen molar-refractivity contribution in [1.82, 2.24) is 9.97 Å². The average Bonchev–Trinajstić information content (AvgIpc) is 2.58. The summed E-state index contributed by atoms with van der Waals surface area (Å²) in [5.74, 6) is 0. The highest BCUT2D eigenvalue weighted by Gasteiger charge is 2.18. The van der Waals surface area contributed by atoms with Crippen molar-refractivity contribution in [3.63, 3.8) is 0 Å². The summed E-state index contributed by atoms with van der Waals surface area (Å²) >= 11 is 0. The van der Waals surface area contributed by atoms with Crippen molar-refractivity contribution in [1.29, 1.82) is 0 Å². The molecule has 1 aliphatic rings. The molecule has 1 saturated heterocycles. The molecule has 57 valence electrons. The Hall–Kier alpha value is -1.00. The van der Waals surface area contributed by atoms with Crippen molar-refractivity contribution in [2.45, 2.75) is 6.29 Å². The first-order chi connectivity index (χ1) is 5.47. The highest BCUT2D eigenvalue weighted by molar-refractivity contribution is 4.96. The van der Waals surface area contributed by atoms with Crippen molar-refractivity contribution in [3.05, 3.63) is 24.3 Å². The van der Waals surface area contributed by atoms with Crippen LogP contribution in [0, 0.1) is 6.20 Å². The standard InChI is InChI=1S/C7H7N2O2/c1-2-9-6(5-8-1)7-10-3-4-11-7/h2,5,7H,3-4H2. The normalized spacial score (nSPS) is 18.9. The minimum atomic E-state index is -0.322. The molecule has 1 radical (unpaired) electrons. The molecule has 0 aliphatic carbocycles. The van der Waals surface area contributed by atoms with Gasteiger partial charge < -0.3 is 9.47 Å². The SMILES string of the molecule is [c]1cnc(C2OCCO2)cn1. The van der Waals surface area contributed by atoms with E-state index in [0.29, 0.717) is 18.9 Å². The first kappa shape index (κ1) is 6.69. The van der Waals surface area contributed by atoms with Gasteiger partial charge in [0.25, 0.3) is 0 Å². The molecule has 1 aromatic rings. The number of hydrogen-bond acceptors (Lipinski definition) is 4. The van der Waals surface area contributed by atoms with E-state index in [1.54, 1.807) is 6.20 Å². The molecule has 0 N–H and O–H groups in total. The molecule has 4 nitrogen and oxygen atoms in total. The highest BCUT2D eigenvalue weighted by atomic mass is 16.7. The lowest BCUT2D eigenvalue weighted by molar-refractivity contribution is -0.0475. The summed E-state index contributed by atoms with van der Waals surface area (Å²) in [7, 11) is 0. The van der Waals surface area contributed by atoms with E-state index in [1.807, 2.05) is 0 Å². The second-order valence-electron chi connectivity index (χ2n) is 2.14. The molecule has 0 bridgehead atoms. The Morgan fingerprint density at radius 1 is 1.45 bits per heavy atom. The molecule has 2 rings (SSSR count). The van der Waals surface area contributed by atoms with E-state index in [2.05, 4.69) is 16.2 Å². The number of rotatable bonds is 1. The highest BCUT2D eigenvalue weighted by Crippen LogP contribution is 2.19. The van der Waals surface area contributed by atoms with Gasteiger partial charge in [-0.05, 0) is 0 Å². The third-order valence-corrected chi connectivity index (χ3v) is 1.41. The van der Waals surface area contributed by atoms with E-state index in [1.165, 1.54) is 6.20 Å². The minimum absolute atomic E-state index is 0.322. The van der Waals surface area contributed by atoms with Crippen LogP contribution in [0.3, 0.4) is 0 Å². The van der Waals surface area contributed by atoms with Crippen LogP contribution < -0.4 is 0 Å². The molecule has 1 aromatic heterocycles. The predicted octanol–water partition coefficient (Wildman–Crippen LogP) is 0.322. The third kappa shape index (κ3) is 1.36. The zero-order chi connectivity index (χ0) is 7.52. The fourth-order valence-electron chi connectivity index (χ4n) is 0.924. The monoisotopic (exact) mass is 151 g/mol. The first-order valence-electron chi connectivity index (χ1n) is 3.38. The minimum Gasteiger partial charge on any atom is -0.345 e. The van der Waals surface area contributed by atoms with Gasteiger partial charge in [0.05, 0.1) is 25.6 Å². The molecular formula is C7H7N2O2. The maximum atomic E-state index is 5.20. The number of ether oxygens (including phenoxy) is 2. The second-order valence-corrected chi connectivity index (χ2v) is 2.14.